The first kappa shape index (κ1) is 21.4. The van der Waals surface area contributed by atoms with E-state index in [0.29, 0.717) is 0 Å². The zero-order chi connectivity index (χ0) is 24.6. The average molecular weight is 473 g/mol. The molecule has 174 valence electrons. The maximum Gasteiger partial charge on any atom is 0.143 e. The van der Waals surface area contributed by atoms with E-state index in [9.17, 15) is 0 Å². The zero-order valence-corrected chi connectivity index (χ0v) is 20.3. The summed E-state index contributed by atoms with van der Waals surface area (Å²) in [5.41, 5.74) is 11.4. The molecule has 0 N–H and O–H groups in total. The summed E-state index contributed by atoms with van der Waals surface area (Å²) >= 11 is 0. The number of fused-ring (bicyclic) bond motifs is 3. The van der Waals surface area contributed by atoms with Gasteiger partial charge < -0.3 is 4.42 Å². The molecule has 0 saturated carbocycles. The molecule has 7 rings (SSSR count). The third kappa shape index (κ3) is 3.64. The highest BCUT2D eigenvalue weighted by atomic mass is 16.3. The van der Waals surface area contributed by atoms with Gasteiger partial charge in [-0.1, -0.05) is 140 Å². The number of rotatable bonds is 4. The lowest BCUT2D eigenvalue weighted by Gasteiger charge is -2.17. The Morgan fingerprint density at radius 3 is 1.38 bits per heavy atom. The molecule has 0 aliphatic rings. The molecule has 0 aliphatic carbocycles. The normalized spacial score (nSPS) is 11.2. The second-order valence-corrected chi connectivity index (χ2v) is 9.28. The predicted molar refractivity (Wildman–Crippen MR) is 155 cm³/mol. The highest BCUT2D eigenvalue weighted by Gasteiger charge is 2.18. The molecule has 0 atom stereocenters. The van der Waals surface area contributed by atoms with Gasteiger partial charge in [0.25, 0.3) is 0 Å². The van der Waals surface area contributed by atoms with Crippen LogP contribution in [0.4, 0.5) is 0 Å². The Morgan fingerprint density at radius 1 is 0.297 bits per heavy atom. The molecule has 0 bridgehead atoms. The smallest absolute Gasteiger partial charge is 0.143 e. The molecule has 0 radical (unpaired) electrons. The fraction of sp³-hybridized carbons (Fsp3) is 0. The summed E-state index contributed by atoms with van der Waals surface area (Å²) in [5.74, 6) is 0. The van der Waals surface area contributed by atoms with E-state index < -0.39 is 0 Å². The van der Waals surface area contributed by atoms with Crippen LogP contribution in [0.2, 0.25) is 0 Å². The number of benzene rings is 6. The molecule has 0 fully saturated rings. The second kappa shape index (κ2) is 8.96. The average Bonchev–Trinajstić information content (AvgIpc) is 3.37. The van der Waals surface area contributed by atoms with Crippen molar-refractivity contribution in [1.29, 1.82) is 0 Å². The molecule has 7 aromatic rings. The Labute approximate surface area is 216 Å². The number of hydrogen-bond acceptors (Lipinski definition) is 1. The van der Waals surface area contributed by atoms with Gasteiger partial charge in [0.2, 0.25) is 0 Å². The van der Waals surface area contributed by atoms with Gasteiger partial charge in [0, 0.05) is 16.3 Å². The summed E-state index contributed by atoms with van der Waals surface area (Å²) in [6.07, 6.45) is 0. The molecule has 1 heteroatoms. The topological polar surface area (TPSA) is 13.1 Å². The lowest BCUT2D eigenvalue weighted by Crippen LogP contribution is -1.91. The van der Waals surface area contributed by atoms with E-state index >= 15 is 0 Å². The molecule has 0 saturated heterocycles. The Kier molecular flexibility index (Phi) is 5.19. The minimum absolute atomic E-state index is 0.916. The summed E-state index contributed by atoms with van der Waals surface area (Å²) in [7, 11) is 0. The van der Waals surface area contributed by atoms with Gasteiger partial charge >= 0.3 is 0 Å². The lowest BCUT2D eigenvalue weighted by atomic mass is 9.86. The summed E-state index contributed by atoms with van der Waals surface area (Å²) in [5, 5.41) is 2.29. The molecule has 37 heavy (non-hydrogen) atoms. The molecule has 1 aromatic heterocycles. The highest BCUT2D eigenvalue weighted by molar-refractivity contribution is 6.11. The largest absolute Gasteiger partial charge is 0.455 e. The van der Waals surface area contributed by atoms with Crippen LogP contribution in [0.1, 0.15) is 0 Å². The van der Waals surface area contributed by atoms with Gasteiger partial charge in [-0.2, -0.15) is 0 Å². The Balaban J connectivity index is 1.47. The summed E-state index contributed by atoms with van der Waals surface area (Å²) < 4.78 is 6.42. The molecule has 1 nitrogen and oxygen atoms in total. The fourth-order valence-electron chi connectivity index (χ4n) is 5.45. The third-order valence-corrected chi connectivity index (χ3v) is 7.14. The van der Waals surface area contributed by atoms with E-state index in [1.807, 2.05) is 12.1 Å². The van der Waals surface area contributed by atoms with Crippen molar-refractivity contribution in [1.82, 2.24) is 0 Å². The molecule has 0 spiro atoms. The van der Waals surface area contributed by atoms with Crippen molar-refractivity contribution < 1.29 is 4.42 Å². The number of hydrogen-bond donors (Lipinski definition) is 0. The van der Waals surface area contributed by atoms with Crippen LogP contribution in [0, 0.1) is 0 Å². The van der Waals surface area contributed by atoms with Crippen molar-refractivity contribution in [2.24, 2.45) is 0 Å². The van der Waals surface area contributed by atoms with Crippen molar-refractivity contribution in [2.45, 2.75) is 0 Å². The van der Waals surface area contributed by atoms with E-state index in [-0.39, 0.29) is 0 Å². The van der Waals surface area contributed by atoms with Gasteiger partial charge in [-0.3, -0.25) is 0 Å². The quantitative estimate of drug-likeness (QED) is 0.248. The Morgan fingerprint density at radius 2 is 0.730 bits per heavy atom. The Bertz CT molecular complexity index is 1870. The van der Waals surface area contributed by atoms with E-state index in [2.05, 4.69) is 133 Å². The van der Waals surface area contributed by atoms with Crippen LogP contribution >= 0.6 is 0 Å². The molecular weight excluding hydrogens is 448 g/mol. The van der Waals surface area contributed by atoms with E-state index in [4.69, 9.17) is 4.42 Å². The SMILES string of the molecule is c1ccc(-c2ccccc2-c2ccccc2-c2ccccc2-c2cccc3c2oc2ccccc23)cc1. The standard InChI is InChI=1S/C36H24O/c1-2-13-25(14-3-1)26-15-4-5-16-27(26)28-17-6-7-18-29(28)30-19-8-9-20-31(30)33-22-12-23-34-32-21-10-11-24-35(32)37-36(33)34/h1-24H. The monoisotopic (exact) mass is 472 g/mol. The molecule has 0 amide bonds. The minimum atomic E-state index is 0.916. The maximum absolute atomic E-state index is 6.42. The molecule has 0 aliphatic heterocycles. The lowest BCUT2D eigenvalue weighted by molar-refractivity contribution is 0.670. The van der Waals surface area contributed by atoms with E-state index in [1.54, 1.807) is 0 Å². The zero-order valence-electron chi connectivity index (χ0n) is 20.3. The maximum atomic E-state index is 6.42. The van der Waals surface area contributed by atoms with Gasteiger partial charge in [0.05, 0.1) is 0 Å². The van der Waals surface area contributed by atoms with Crippen LogP contribution in [-0.4, -0.2) is 0 Å². The van der Waals surface area contributed by atoms with Gasteiger partial charge in [-0.15, -0.1) is 0 Å². The second-order valence-electron chi connectivity index (χ2n) is 9.28. The molecule has 1 heterocycles. The van der Waals surface area contributed by atoms with Crippen LogP contribution in [-0.2, 0) is 0 Å². The first-order chi connectivity index (χ1) is 18.4. The van der Waals surface area contributed by atoms with Crippen LogP contribution in [0.3, 0.4) is 0 Å². The molecule has 6 aromatic carbocycles. The summed E-state index contributed by atoms with van der Waals surface area (Å²) in [4.78, 5) is 0. The van der Waals surface area contributed by atoms with Gasteiger partial charge in [0.15, 0.2) is 0 Å². The molecule has 0 unspecified atom stereocenters. The van der Waals surface area contributed by atoms with Crippen molar-refractivity contribution in [2.75, 3.05) is 0 Å². The summed E-state index contributed by atoms with van der Waals surface area (Å²) in [6, 6.07) is 51.4. The van der Waals surface area contributed by atoms with Crippen LogP contribution in [0.15, 0.2) is 150 Å². The predicted octanol–water partition coefficient (Wildman–Crippen LogP) is 10.3. The van der Waals surface area contributed by atoms with Crippen molar-refractivity contribution in [3.8, 4) is 44.5 Å². The van der Waals surface area contributed by atoms with Crippen molar-refractivity contribution >= 4 is 21.9 Å². The first-order valence-electron chi connectivity index (χ1n) is 12.6. The Hall–Kier alpha value is -4.88. The van der Waals surface area contributed by atoms with Crippen LogP contribution < -0.4 is 0 Å². The highest BCUT2D eigenvalue weighted by Crippen LogP contribution is 2.43. The van der Waals surface area contributed by atoms with Gasteiger partial charge in [-0.25, -0.2) is 0 Å². The van der Waals surface area contributed by atoms with Crippen LogP contribution in [0.25, 0.3) is 66.4 Å². The van der Waals surface area contributed by atoms with Gasteiger partial charge in [-0.05, 0) is 45.0 Å². The van der Waals surface area contributed by atoms with E-state index in [0.717, 1.165) is 33.1 Å². The van der Waals surface area contributed by atoms with Crippen LogP contribution in [0.5, 0.6) is 0 Å². The fourth-order valence-corrected chi connectivity index (χ4v) is 5.45. The van der Waals surface area contributed by atoms with Crippen molar-refractivity contribution in [3.05, 3.63) is 146 Å². The summed E-state index contributed by atoms with van der Waals surface area (Å²) in [6.45, 7) is 0. The van der Waals surface area contributed by atoms with Gasteiger partial charge in [0.1, 0.15) is 11.2 Å². The van der Waals surface area contributed by atoms with E-state index in [1.165, 1.54) is 33.4 Å². The third-order valence-electron chi connectivity index (χ3n) is 7.14. The number of furan rings is 1. The first-order valence-corrected chi connectivity index (χ1v) is 12.6. The van der Waals surface area contributed by atoms with Crippen molar-refractivity contribution in [3.63, 3.8) is 0 Å². The number of para-hydroxylation sites is 2. The molecular formula is C36H24O. The minimum Gasteiger partial charge on any atom is -0.455 e.